The Hall–Kier alpha value is -4.20. The molecule has 0 aliphatic rings. The van der Waals surface area contributed by atoms with Crippen molar-refractivity contribution in [1.82, 2.24) is 19.1 Å². The van der Waals surface area contributed by atoms with Crippen LogP contribution < -0.4 is 10.6 Å². The van der Waals surface area contributed by atoms with E-state index in [4.69, 9.17) is 0 Å². The number of rotatable bonds is 9. The minimum atomic E-state index is -0.239. The molecule has 2 heterocycles. The van der Waals surface area contributed by atoms with Crippen LogP contribution in [0.5, 0.6) is 0 Å². The number of aryl methyl sites for hydroxylation is 1. The Bertz CT molecular complexity index is 1260. The van der Waals surface area contributed by atoms with Gasteiger partial charge in [-0.25, -0.2) is 9.97 Å². The minimum absolute atomic E-state index is 0.126. The summed E-state index contributed by atoms with van der Waals surface area (Å²) >= 11 is 0. The van der Waals surface area contributed by atoms with Crippen LogP contribution in [-0.4, -0.2) is 30.9 Å². The third-order valence-corrected chi connectivity index (χ3v) is 5.37. The molecule has 0 radical (unpaired) electrons. The predicted octanol–water partition coefficient (Wildman–Crippen LogP) is 4.53. The Labute approximate surface area is 198 Å². The molecule has 4 aromatic rings. The molecule has 0 atom stereocenters. The molecular formula is C26H28N6O2. The smallest absolute Gasteiger partial charge is 0.255 e. The average molecular weight is 457 g/mol. The van der Waals surface area contributed by atoms with Gasteiger partial charge in [-0.05, 0) is 35.9 Å². The van der Waals surface area contributed by atoms with Gasteiger partial charge in [0.15, 0.2) is 0 Å². The van der Waals surface area contributed by atoms with Gasteiger partial charge < -0.3 is 19.8 Å². The molecule has 8 nitrogen and oxygen atoms in total. The van der Waals surface area contributed by atoms with Crippen molar-refractivity contribution in [3.63, 3.8) is 0 Å². The second-order valence-corrected chi connectivity index (χ2v) is 8.40. The third-order valence-electron chi connectivity index (χ3n) is 5.37. The molecule has 2 N–H and O–H groups in total. The number of amides is 2. The fraction of sp³-hybridized carbons (Fsp3) is 0.231. The van der Waals surface area contributed by atoms with Gasteiger partial charge in [-0.15, -0.1) is 0 Å². The summed E-state index contributed by atoms with van der Waals surface area (Å²) in [5.41, 5.74) is 2.83. The van der Waals surface area contributed by atoms with Gasteiger partial charge in [-0.2, -0.15) is 0 Å². The molecule has 2 aromatic carbocycles. The van der Waals surface area contributed by atoms with Crippen molar-refractivity contribution in [3.8, 4) is 0 Å². The summed E-state index contributed by atoms with van der Waals surface area (Å²) in [6.45, 7) is 5.45. The van der Waals surface area contributed by atoms with E-state index in [1.807, 2.05) is 47.4 Å². The lowest BCUT2D eigenvalue weighted by Gasteiger charge is -2.12. The molecule has 0 fully saturated rings. The van der Waals surface area contributed by atoms with E-state index in [1.54, 1.807) is 36.8 Å². The zero-order valence-electron chi connectivity index (χ0n) is 19.3. The summed E-state index contributed by atoms with van der Waals surface area (Å²) in [4.78, 5) is 33.5. The molecule has 2 amide bonds. The van der Waals surface area contributed by atoms with E-state index in [2.05, 4.69) is 39.0 Å². The average Bonchev–Trinajstić information content (AvgIpc) is 3.50. The molecule has 0 saturated heterocycles. The summed E-state index contributed by atoms with van der Waals surface area (Å²) < 4.78 is 3.96. The summed E-state index contributed by atoms with van der Waals surface area (Å²) in [7, 11) is 0. The lowest BCUT2D eigenvalue weighted by atomic mass is 10.1. The Morgan fingerprint density at radius 2 is 1.76 bits per heavy atom. The van der Waals surface area contributed by atoms with Crippen LogP contribution in [0.25, 0.3) is 0 Å². The first-order valence-electron chi connectivity index (χ1n) is 11.2. The molecule has 2 aromatic heterocycles. The van der Waals surface area contributed by atoms with E-state index in [-0.39, 0.29) is 11.8 Å². The molecule has 34 heavy (non-hydrogen) atoms. The van der Waals surface area contributed by atoms with Gasteiger partial charge in [0.05, 0.1) is 6.33 Å². The van der Waals surface area contributed by atoms with E-state index in [0.717, 1.165) is 11.4 Å². The Morgan fingerprint density at radius 1 is 0.971 bits per heavy atom. The number of carbonyl (C=O) groups is 2. The zero-order chi connectivity index (χ0) is 23.9. The van der Waals surface area contributed by atoms with E-state index in [0.29, 0.717) is 42.4 Å². The topological polar surface area (TPSA) is 93.8 Å². The van der Waals surface area contributed by atoms with Crippen LogP contribution in [0.4, 0.5) is 11.4 Å². The van der Waals surface area contributed by atoms with Crippen molar-refractivity contribution in [1.29, 1.82) is 0 Å². The summed E-state index contributed by atoms with van der Waals surface area (Å²) in [5, 5.41) is 5.80. The van der Waals surface area contributed by atoms with Gasteiger partial charge in [-0.3, -0.25) is 9.59 Å². The van der Waals surface area contributed by atoms with Gasteiger partial charge in [0, 0.05) is 67.2 Å². The number of benzene rings is 2. The van der Waals surface area contributed by atoms with Gasteiger partial charge in [0.1, 0.15) is 5.82 Å². The predicted molar refractivity (Wildman–Crippen MR) is 132 cm³/mol. The van der Waals surface area contributed by atoms with Crippen molar-refractivity contribution >= 4 is 23.2 Å². The van der Waals surface area contributed by atoms with Crippen LogP contribution in [0.15, 0.2) is 79.6 Å². The van der Waals surface area contributed by atoms with Gasteiger partial charge in [0.2, 0.25) is 5.91 Å². The molecule has 0 bridgehead atoms. The van der Waals surface area contributed by atoms with Crippen LogP contribution in [0.1, 0.15) is 47.9 Å². The van der Waals surface area contributed by atoms with Crippen molar-refractivity contribution in [3.05, 3.63) is 96.6 Å². The molecule has 4 rings (SSSR count). The number of nitrogens with one attached hydrogen (secondary N) is 2. The quantitative estimate of drug-likeness (QED) is 0.387. The van der Waals surface area contributed by atoms with Crippen molar-refractivity contribution < 1.29 is 9.59 Å². The third kappa shape index (κ3) is 5.98. The van der Waals surface area contributed by atoms with E-state index < -0.39 is 0 Å². The number of hydrogen-bond donors (Lipinski definition) is 2. The maximum Gasteiger partial charge on any atom is 0.255 e. The van der Waals surface area contributed by atoms with Crippen molar-refractivity contribution in [2.75, 3.05) is 10.6 Å². The fourth-order valence-electron chi connectivity index (χ4n) is 3.71. The van der Waals surface area contributed by atoms with Crippen LogP contribution >= 0.6 is 0 Å². The normalized spacial score (nSPS) is 10.9. The highest BCUT2D eigenvalue weighted by atomic mass is 16.2. The number of imidazole rings is 2. The molecule has 0 aliphatic heterocycles. The van der Waals surface area contributed by atoms with E-state index >= 15 is 0 Å². The van der Waals surface area contributed by atoms with Crippen LogP contribution in [-0.2, 0) is 17.9 Å². The van der Waals surface area contributed by atoms with Gasteiger partial charge in [0.25, 0.3) is 5.91 Å². The lowest BCUT2D eigenvalue weighted by Crippen LogP contribution is -2.16. The SMILES string of the molecule is CC(C)c1nccn1Cc1cccc(NC(=O)c2cccc(NC(=O)CCn3ccnc3)c2)c1. The largest absolute Gasteiger partial charge is 0.337 e. The van der Waals surface area contributed by atoms with E-state index in [1.165, 1.54) is 0 Å². The second kappa shape index (κ2) is 10.6. The first kappa shape index (κ1) is 23.0. The maximum absolute atomic E-state index is 12.9. The highest BCUT2D eigenvalue weighted by molar-refractivity contribution is 6.05. The minimum Gasteiger partial charge on any atom is -0.337 e. The number of anilines is 2. The summed E-state index contributed by atoms with van der Waals surface area (Å²) in [6, 6.07) is 14.7. The van der Waals surface area contributed by atoms with E-state index in [9.17, 15) is 9.59 Å². The van der Waals surface area contributed by atoms with Crippen molar-refractivity contribution in [2.45, 2.75) is 39.3 Å². The number of carbonyl (C=O) groups excluding carboxylic acids is 2. The molecule has 0 saturated carbocycles. The molecular weight excluding hydrogens is 428 g/mol. The Balaban J connectivity index is 1.37. The lowest BCUT2D eigenvalue weighted by molar-refractivity contribution is -0.116. The van der Waals surface area contributed by atoms with Gasteiger partial charge >= 0.3 is 0 Å². The Kier molecular flexibility index (Phi) is 7.17. The molecule has 0 aliphatic carbocycles. The van der Waals surface area contributed by atoms with Crippen LogP contribution in [0.3, 0.4) is 0 Å². The van der Waals surface area contributed by atoms with Crippen molar-refractivity contribution in [2.24, 2.45) is 0 Å². The molecule has 0 unspecified atom stereocenters. The molecule has 8 heteroatoms. The second-order valence-electron chi connectivity index (χ2n) is 8.40. The van der Waals surface area contributed by atoms with Gasteiger partial charge in [-0.1, -0.05) is 32.0 Å². The first-order chi connectivity index (χ1) is 16.5. The summed E-state index contributed by atoms with van der Waals surface area (Å²) in [5.74, 6) is 0.992. The summed E-state index contributed by atoms with van der Waals surface area (Å²) in [6.07, 6.45) is 9.25. The fourth-order valence-corrected chi connectivity index (χ4v) is 3.71. The molecule has 174 valence electrons. The number of hydrogen-bond acceptors (Lipinski definition) is 4. The maximum atomic E-state index is 12.9. The van der Waals surface area contributed by atoms with Crippen LogP contribution in [0.2, 0.25) is 0 Å². The van der Waals surface area contributed by atoms with Crippen LogP contribution in [0, 0.1) is 0 Å². The first-order valence-corrected chi connectivity index (χ1v) is 11.2. The number of nitrogens with zero attached hydrogens (tertiary/aromatic N) is 4. The monoisotopic (exact) mass is 456 g/mol. The zero-order valence-corrected chi connectivity index (χ0v) is 19.3. The standard InChI is InChI=1S/C26H28N6O2/c1-19(2)25-28-11-14-32(25)17-20-5-3-7-22(15-20)30-26(34)21-6-4-8-23(16-21)29-24(33)9-12-31-13-10-27-18-31/h3-8,10-11,13-16,18-19H,9,12,17H2,1-2H3,(H,29,33)(H,30,34). The highest BCUT2D eigenvalue weighted by Gasteiger charge is 2.11. The Morgan fingerprint density at radius 3 is 2.53 bits per heavy atom. The highest BCUT2D eigenvalue weighted by Crippen LogP contribution is 2.18. The molecule has 0 spiro atoms. The number of aromatic nitrogens is 4.